The van der Waals surface area contributed by atoms with E-state index in [1.807, 2.05) is 17.5 Å². The molecular weight excluding hydrogens is 366 g/mol. The number of benzene rings is 2. The maximum absolute atomic E-state index is 12.3. The van der Waals surface area contributed by atoms with Crippen molar-refractivity contribution in [2.45, 2.75) is 6.42 Å². The molecule has 134 valence electrons. The minimum atomic E-state index is -0.475. The number of nitrogens with zero attached hydrogens (tertiary/aromatic N) is 2. The van der Waals surface area contributed by atoms with E-state index >= 15 is 0 Å². The van der Waals surface area contributed by atoms with E-state index in [1.54, 1.807) is 23.7 Å². The number of nitro benzene ring substituents is 1. The summed E-state index contributed by atoms with van der Waals surface area (Å²) in [4.78, 5) is 33.4. The number of carbonyl (C=O) groups excluding carboxylic acids is 1. The maximum Gasteiger partial charge on any atom is 0.305 e. The van der Waals surface area contributed by atoms with Crippen molar-refractivity contribution in [3.05, 3.63) is 69.0 Å². The molecule has 27 heavy (non-hydrogen) atoms. The normalized spacial score (nSPS) is 10.8. The van der Waals surface area contributed by atoms with E-state index in [4.69, 9.17) is 0 Å². The monoisotopic (exact) mass is 380 g/mol. The van der Waals surface area contributed by atoms with Crippen molar-refractivity contribution in [2.75, 3.05) is 5.32 Å². The fraction of sp³-hybridized carbons (Fsp3) is 0.0556. The Labute approximate surface area is 157 Å². The molecule has 0 aliphatic heterocycles. The minimum Gasteiger partial charge on any atom is -0.326 e. The lowest BCUT2D eigenvalue weighted by atomic mass is 10.1. The number of hydrogen-bond donors (Lipinski definition) is 2. The van der Waals surface area contributed by atoms with Gasteiger partial charge in [0.05, 0.1) is 16.9 Å². The first kappa shape index (κ1) is 16.9. The number of anilines is 1. The number of aromatic amines is 2. The first-order valence-electron chi connectivity index (χ1n) is 8.05. The van der Waals surface area contributed by atoms with Crippen LogP contribution in [0.5, 0.6) is 0 Å². The van der Waals surface area contributed by atoms with Crippen LogP contribution >= 0.6 is 11.3 Å². The standard InChI is InChI=1S/C18H13N5O3S/c24-17(7-11-2-1-3-13(6-11)23(25)26)20-12-4-5-14-15(8-12)22-18(21-14)16-9-27-10-19-16/h1-6,8-10H,7H2,(H,20,24)(H,21,22)/p+1. The Kier molecular flexibility index (Phi) is 4.35. The van der Waals surface area contributed by atoms with Crippen LogP contribution < -0.4 is 10.3 Å². The highest BCUT2D eigenvalue weighted by Crippen LogP contribution is 2.20. The largest absolute Gasteiger partial charge is 0.326 e. The van der Waals surface area contributed by atoms with Gasteiger partial charge in [-0.25, -0.2) is 15.0 Å². The van der Waals surface area contributed by atoms with E-state index in [-0.39, 0.29) is 18.0 Å². The summed E-state index contributed by atoms with van der Waals surface area (Å²) in [6, 6.07) is 11.6. The van der Waals surface area contributed by atoms with Crippen molar-refractivity contribution >= 4 is 39.7 Å². The van der Waals surface area contributed by atoms with Gasteiger partial charge in [-0.15, -0.1) is 11.3 Å². The molecule has 0 atom stereocenters. The fourth-order valence-corrected chi connectivity index (χ4v) is 3.31. The van der Waals surface area contributed by atoms with Gasteiger partial charge in [0.1, 0.15) is 0 Å². The second-order valence-corrected chi connectivity index (χ2v) is 6.63. The number of non-ortho nitro benzene ring substituents is 1. The Morgan fingerprint density at radius 2 is 2.19 bits per heavy atom. The Morgan fingerprint density at radius 1 is 1.30 bits per heavy atom. The van der Waals surface area contributed by atoms with Crippen LogP contribution in [-0.2, 0) is 11.2 Å². The SMILES string of the molecule is O=C(Cc1cccc([N+](=O)[O-])c1)Nc1ccc2[nH+]c(-c3cscn3)[nH]c2c1. The van der Waals surface area contributed by atoms with Gasteiger partial charge in [0.15, 0.2) is 16.7 Å². The van der Waals surface area contributed by atoms with Gasteiger partial charge in [0, 0.05) is 29.3 Å². The molecule has 0 bridgehead atoms. The molecule has 0 spiro atoms. The smallest absolute Gasteiger partial charge is 0.305 e. The van der Waals surface area contributed by atoms with Crippen LogP contribution in [0.3, 0.4) is 0 Å². The Bertz CT molecular complexity index is 1140. The minimum absolute atomic E-state index is 0.0294. The molecule has 3 N–H and O–H groups in total. The number of fused-ring (bicyclic) bond motifs is 1. The highest BCUT2D eigenvalue weighted by Gasteiger charge is 2.15. The average Bonchev–Trinajstić information content (AvgIpc) is 3.30. The molecule has 8 nitrogen and oxygen atoms in total. The number of amides is 1. The summed E-state index contributed by atoms with van der Waals surface area (Å²) >= 11 is 1.51. The van der Waals surface area contributed by atoms with Crippen molar-refractivity contribution in [1.29, 1.82) is 0 Å². The third kappa shape index (κ3) is 3.67. The van der Waals surface area contributed by atoms with E-state index in [2.05, 4.69) is 20.3 Å². The van der Waals surface area contributed by atoms with E-state index in [1.165, 1.54) is 23.5 Å². The van der Waals surface area contributed by atoms with Gasteiger partial charge >= 0.3 is 5.82 Å². The molecule has 0 aliphatic carbocycles. The average molecular weight is 380 g/mol. The first-order valence-corrected chi connectivity index (χ1v) is 8.99. The van der Waals surface area contributed by atoms with Crippen molar-refractivity contribution in [3.63, 3.8) is 0 Å². The molecule has 0 saturated heterocycles. The summed E-state index contributed by atoms with van der Waals surface area (Å²) in [5.41, 5.74) is 5.51. The number of rotatable bonds is 5. The molecule has 0 aliphatic rings. The van der Waals surface area contributed by atoms with Crippen LogP contribution in [0.1, 0.15) is 5.56 Å². The Morgan fingerprint density at radius 3 is 2.96 bits per heavy atom. The van der Waals surface area contributed by atoms with E-state index < -0.39 is 4.92 Å². The number of nitro groups is 1. The summed E-state index contributed by atoms with van der Waals surface area (Å²) in [5, 5.41) is 15.6. The number of hydrogen-bond acceptors (Lipinski definition) is 5. The van der Waals surface area contributed by atoms with Gasteiger partial charge < -0.3 is 5.32 Å². The van der Waals surface area contributed by atoms with Crippen LogP contribution in [0.15, 0.2) is 53.4 Å². The summed E-state index contributed by atoms with van der Waals surface area (Å²) in [6.07, 6.45) is 0.0562. The second-order valence-electron chi connectivity index (χ2n) is 5.91. The summed E-state index contributed by atoms with van der Waals surface area (Å²) in [5.74, 6) is 0.552. The number of imidazole rings is 1. The number of H-pyrrole nitrogens is 2. The molecule has 2 heterocycles. The lowest BCUT2D eigenvalue weighted by molar-refractivity contribution is -0.384. The summed E-state index contributed by atoms with van der Waals surface area (Å²) < 4.78 is 0. The van der Waals surface area contributed by atoms with Crippen LogP contribution in [-0.4, -0.2) is 20.8 Å². The summed E-state index contributed by atoms with van der Waals surface area (Å²) in [7, 11) is 0. The van der Waals surface area contributed by atoms with Crippen LogP contribution in [0.4, 0.5) is 11.4 Å². The molecular formula is C18H14N5O3S+. The van der Waals surface area contributed by atoms with E-state index in [0.29, 0.717) is 11.3 Å². The highest BCUT2D eigenvalue weighted by atomic mass is 32.1. The molecule has 0 fully saturated rings. The quantitative estimate of drug-likeness (QED) is 0.408. The van der Waals surface area contributed by atoms with E-state index in [9.17, 15) is 14.9 Å². The molecule has 4 aromatic rings. The van der Waals surface area contributed by atoms with Crippen molar-refractivity contribution in [3.8, 4) is 11.5 Å². The molecule has 0 saturated carbocycles. The second kappa shape index (κ2) is 6.96. The predicted molar refractivity (Wildman–Crippen MR) is 101 cm³/mol. The van der Waals surface area contributed by atoms with E-state index in [0.717, 1.165) is 22.6 Å². The van der Waals surface area contributed by atoms with Crippen LogP contribution in [0.2, 0.25) is 0 Å². The highest BCUT2D eigenvalue weighted by molar-refractivity contribution is 7.07. The van der Waals surface area contributed by atoms with Gasteiger partial charge in [0.2, 0.25) is 5.91 Å². The predicted octanol–water partition coefficient (Wildman–Crippen LogP) is 3.19. The zero-order valence-electron chi connectivity index (χ0n) is 13.9. The molecule has 0 unspecified atom stereocenters. The van der Waals surface area contributed by atoms with Crippen molar-refractivity contribution in [2.24, 2.45) is 0 Å². The summed E-state index contributed by atoms with van der Waals surface area (Å²) in [6.45, 7) is 0. The Hall–Kier alpha value is -3.59. The molecule has 0 radical (unpaired) electrons. The first-order chi connectivity index (χ1) is 13.1. The zero-order valence-corrected chi connectivity index (χ0v) is 14.7. The third-order valence-electron chi connectivity index (χ3n) is 4.00. The molecule has 2 aromatic heterocycles. The molecule has 4 rings (SSSR count). The molecule has 1 amide bonds. The number of aromatic nitrogens is 3. The molecule has 2 aromatic carbocycles. The van der Waals surface area contributed by atoms with Crippen LogP contribution in [0, 0.1) is 10.1 Å². The number of carbonyl (C=O) groups is 1. The van der Waals surface area contributed by atoms with Gasteiger partial charge in [0.25, 0.3) is 5.69 Å². The van der Waals surface area contributed by atoms with Gasteiger partial charge in [-0.2, -0.15) is 0 Å². The topological polar surface area (TPSA) is 115 Å². The molecule has 9 heteroatoms. The lowest BCUT2D eigenvalue weighted by Crippen LogP contribution is -2.14. The van der Waals surface area contributed by atoms with Crippen LogP contribution in [0.25, 0.3) is 22.6 Å². The van der Waals surface area contributed by atoms with Crippen molar-refractivity contribution < 1.29 is 14.7 Å². The van der Waals surface area contributed by atoms with Gasteiger partial charge in [-0.3, -0.25) is 14.9 Å². The van der Waals surface area contributed by atoms with Crippen molar-refractivity contribution in [1.82, 2.24) is 9.97 Å². The van der Waals surface area contributed by atoms with Gasteiger partial charge in [-0.05, 0) is 17.7 Å². The Balaban J connectivity index is 1.50. The number of thiazole rings is 1. The zero-order chi connectivity index (χ0) is 18.8. The lowest BCUT2D eigenvalue weighted by Gasteiger charge is -2.04. The number of nitrogens with one attached hydrogen (secondary N) is 3. The third-order valence-corrected chi connectivity index (χ3v) is 4.58. The fourth-order valence-electron chi connectivity index (χ4n) is 2.77. The maximum atomic E-state index is 12.3. The van der Waals surface area contributed by atoms with Gasteiger partial charge in [-0.1, -0.05) is 12.1 Å².